The molecule has 1 unspecified atom stereocenters. The molecule has 3 nitrogen and oxygen atoms in total. The van der Waals surface area contributed by atoms with Crippen LogP contribution in [0.1, 0.15) is 55.4 Å². The van der Waals surface area contributed by atoms with Crippen molar-refractivity contribution in [1.82, 2.24) is 14.5 Å². The lowest BCUT2D eigenvalue weighted by molar-refractivity contribution is 0.357. The monoisotopic (exact) mass is 323 g/mol. The second-order valence-corrected chi connectivity index (χ2v) is 7.77. The second-order valence-electron chi connectivity index (χ2n) is 5.98. The van der Waals surface area contributed by atoms with E-state index in [0.29, 0.717) is 6.04 Å². The maximum atomic E-state index is 6.38. The average Bonchev–Trinajstić information content (AvgIpc) is 2.86. The Labute approximate surface area is 135 Å². The normalized spacial score (nSPS) is 24.4. The van der Waals surface area contributed by atoms with Crippen molar-refractivity contribution in [2.24, 2.45) is 0 Å². The quantitative estimate of drug-likeness (QED) is 0.754. The van der Waals surface area contributed by atoms with Crippen molar-refractivity contribution in [3.8, 4) is 0 Å². The fourth-order valence-electron chi connectivity index (χ4n) is 3.28. The van der Waals surface area contributed by atoms with Gasteiger partial charge in [0.1, 0.15) is 11.3 Å². The van der Waals surface area contributed by atoms with Crippen LogP contribution in [0.15, 0.2) is 12.3 Å². The van der Waals surface area contributed by atoms with Crippen LogP contribution in [0, 0.1) is 6.92 Å². The molecule has 114 valence electrons. The van der Waals surface area contributed by atoms with E-state index in [2.05, 4.69) is 28.8 Å². The Morgan fingerprint density at radius 3 is 2.67 bits per heavy atom. The molecule has 0 aromatic carbocycles. The number of hydrogen-bond acceptors (Lipinski definition) is 3. The number of alkyl halides is 1. The summed E-state index contributed by atoms with van der Waals surface area (Å²) >= 11 is 8.37. The summed E-state index contributed by atoms with van der Waals surface area (Å²) in [6.45, 7) is 4.05. The summed E-state index contributed by atoms with van der Waals surface area (Å²) in [5.41, 5.74) is 3.12. The molecule has 1 aliphatic carbocycles. The number of hydrogen-bond donors (Lipinski definition) is 0. The number of thioether (sulfide) groups is 1. The molecule has 0 radical (unpaired) electrons. The van der Waals surface area contributed by atoms with Crippen molar-refractivity contribution < 1.29 is 0 Å². The van der Waals surface area contributed by atoms with E-state index < -0.39 is 0 Å². The Hall–Kier alpha value is -0.740. The van der Waals surface area contributed by atoms with E-state index in [1.54, 1.807) is 0 Å². The standard InChI is InChI=1S/C16H22ClN3S/c1-10-8-14-16(18-9-10)20(15(19-14)11(2)17)12-4-6-13(21-3)7-5-12/h8-9,11-13H,4-7H2,1-3H3. The van der Waals surface area contributed by atoms with Gasteiger partial charge < -0.3 is 4.57 Å². The highest BCUT2D eigenvalue weighted by Gasteiger charge is 2.27. The lowest BCUT2D eigenvalue weighted by Crippen LogP contribution is -2.21. The molecule has 1 atom stereocenters. The van der Waals surface area contributed by atoms with Gasteiger partial charge in [0.05, 0.1) is 5.38 Å². The van der Waals surface area contributed by atoms with Gasteiger partial charge in [0.15, 0.2) is 5.65 Å². The van der Waals surface area contributed by atoms with Gasteiger partial charge in [-0.25, -0.2) is 9.97 Å². The Kier molecular flexibility index (Phi) is 4.46. The maximum Gasteiger partial charge on any atom is 0.160 e. The highest BCUT2D eigenvalue weighted by molar-refractivity contribution is 7.99. The Morgan fingerprint density at radius 2 is 2.05 bits per heavy atom. The fraction of sp³-hybridized carbons (Fsp3) is 0.625. The summed E-state index contributed by atoms with van der Waals surface area (Å²) in [6, 6.07) is 2.60. The molecular weight excluding hydrogens is 302 g/mol. The molecule has 21 heavy (non-hydrogen) atoms. The van der Waals surface area contributed by atoms with Crippen molar-refractivity contribution >= 4 is 34.5 Å². The molecular formula is C16H22ClN3S. The fourth-order valence-corrected chi connectivity index (χ4v) is 4.18. The molecule has 0 bridgehead atoms. The average molecular weight is 324 g/mol. The van der Waals surface area contributed by atoms with Crippen molar-refractivity contribution in [3.63, 3.8) is 0 Å². The molecule has 0 spiro atoms. The third-order valence-corrected chi connectivity index (χ3v) is 5.73. The predicted octanol–water partition coefficient (Wildman–Crippen LogP) is 4.89. The van der Waals surface area contributed by atoms with Crippen LogP contribution < -0.4 is 0 Å². The number of rotatable bonds is 3. The molecule has 0 aliphatic heterocycles. The van der Waals surface area contributed by atoms with Crippen LogP contribution in [0.4, 0.5) is 0 Å². The lowest BCUT2D eigenvalue weighted by Gasteiger charge is -2.29. The SMILES string of the molecule is CSC1CCC(n2c(C(C)Cl)nc3cc(C)cnc32)CC1. The molecule has 1 aliphatic rings. The van der Waals surface area contributed by atoms with Gasteiger partial charge >= 0.3 is 0 Å². The van der Waals surface area contributed by atoms with Crippen molar-refractivity contribution in [2.45, 2.75) is 56.2 Å². The summed E-state index contributed by atoms with van der Waals surface area (Å²) in [7, 11) is 0. The van der Waals surface area contributed by atoms with Crippen LogP contribution in [0.3, 0.4) is 0 Å². The maximum absolute atomic E-state index is 6.38. The first-order valence-electron chi connectivity index (χ1n) is 7.61. The summed E-state index contributed by atoms with van der Waals surface area (Å²) in [5, 5.41) is 0.723. The number of aryl methyl sites for hydroxylation is 1. The molecule has 0 amide bonds. The molecule has 0 saturated heterocycles. The molecule has 0 N–H and O–H groups in total. The molecule has 1 fully saturated rings. The number of fused-ring (bicyclic) bond motifs is 1. The van der Waals surface area contributed by atoms with E-state index in [-0.39, 0.29) is 5.38 Å². The van der Waals surface area contributed by atoms with E-state index in [9.17, 15) is 0 Å². The van der Waals surface area contributed by atoms with Gasteiger partial charge in [-0.05, 0) is 57.4 Å². The van der Waals surface area contributed by atoms with Crippen molar-refractivity contribution in [3.05, 3.63) is 23.7 Å². The number of imidazole rings is 1. The van der Waals surface area contributed by atoms with Crippen molar-refractivity contribution in [2.75, 3.05) is 6.26 Å². The van der Waals surface area contributed by atoms with Gasteiger partial charge in [-0.1, -0.05) is 0 Å². The minimum Gasteiger partial charge on any atom is -0.308 e. The molecule has 3 rings (SSSR count). The summed E-state index contributed by atoms with van der Waals surface area (Å²) < 4.78 is 2.31. The third kappa shape index (κ3) is 2.93. The lowest BCUT2D eigenvalue weighted by atomic mass is 9.94. The Balaban J connectivity index is 2.02. The van der Waals surface area contributed by atoms with Crippen LogP contribution in [-0.2, 0) is 0 Å². The molecule has 2 aromatic rings. The predicted molar refractivity (Wildman–Crippen MR) is 91.3 cm³/mol. The smallest absolute Gasteiger partial charge is 0.160 e. The van der Waals surface area contributed by atoms with E-state index >= 15 is 0 Å². The number of halogens is 1. The van der Waals surface area contributed by atoms with E-state index in [1.807, 2.05) is 24.9 Å². The number of aromatic nitrogens is 3. The Bertz CT molecular complexity index is 630. The zero-order valence-corrected chi connectivity index (χ0v) is 14.4. The van der Waals surface area contributed by atoms with E-state index in [0.717, 1.165) is 27.8 Å². The van der Waals surface area contributed by atoms with Gasteiger partial charge in [0.25, 0.3) is 0 Å². The zero-order chi connectivity index (χ0) is 15.0. The first kappa shape index (κ1) is 15.2. The molecule has 2 aromatic heterocycles. The second kappa shape index (κ2) is 6.17. The summed E-state index contributed by atoms with van der Waals surface area (Å²) in [4.78, 5) is 9.39. The van der Waals surface area contributed by atoms with E-state index in [1.165, 1.54) is 25.7 Å². The number of nitrogens with zero attached hydrogens (tertiary/aromatic N) is 3. The molecule has 5 heteroatoms. The topological polar surface area (TPSA) is 30.7 Å². The largest absolute Gasteiger partial charge is 0.308 e. The third-order valence-electron chi connectivity index (χ3n) is 4.39. The molecule has 1 saturated carbocycles. The van der Waals surface area contributed by atoms with Gasteiger partial charge in [-0.15, -0.1) is 11.6 Å². The van der Waals surface area contributed by atoms with Crippen LogP contribution in [0.2, 0.25) is 0 Å². The summed E-state index contributed by atoms with van der Waals surface area (Å²) in [5.74, 6) is 0.970. The van der Waals surface area contributed by atoms with Crippen molar-refractivity contribution in [1.29, 1.82) is 0 Å². The number of pyridine rings is 1. The van der Waals surface area contributed by atoms with Gasteiger partial charge in [0, 0.05) is 17.5 Å². The van der Waals surface area contributed by atoms with Gasteiger partial charge in [-0.3, -0.25) is 0 Å². The minimum atomic E-state index is -0.0854. The van der Waals surface area contributed by atoms with Gasteiger partial charge in [-0.2, -0.15) is 11.8 Å². The van der Waals surface area contributed by atoms with Gasteiger partial charge in [0.2, 0.25) is 0 Å². The highest BCUT2D eigenvalue weighted by Crippen LogP contribution is 2.37. The molecule has 2 heterocycles. The van der Waals surface area contributed by atoms with Crippen LogP contribution in [0.5, 0.6) is 0 Å². The first-order chi connectivity index (χ1) is 10.1. The highest BCUT2D eigenvalue weighted by atomic mass is 35.5. The summed E-state index contributed by atoms with van der Waals surface area (Å²) in [6.07, 6.45) is 9.08. The van der Waals surface area contributed by atoms with Crippen LogP contribution >= 0.6 is 23.4 Å². The first-order valence-corrected chi connectivity index (χ1v) is 9.34. The Morgan fingerprint density at radius 1 is 1.33 bits per heavy atom. The minimum absolute atomic E-state index is 0.0854. The zero-order valence-electron chi connectivity index (χ0n) is 12.8. The van der Waals surface area contributed by atoms with E-state index in [4.69, 9.17) is 16.6 Å². The van der Waals surface area contributed by atoms with Crippen LogP contribution in [-0.4, -0.2) is 26.0 Å². The van der Waals surface area contributed by atoms with Crippen LogP contribution in [0.25, 0.3) is 11.2 Å².